The Bertz CT molecular complexity index is 1030. The molecular formula is C19H22N6O3. The quantitative estimate of drug-likeness (QED) is 0.645. The van der Waals surface area contributed by atoms with Crippen molar-refractivity contribution in [1.29, 1.82) is 0 Å². The number of amides is 1. The number of benzene rings is 1. The van der Waals surface area contributed by atoms with Gasteiger partial charge in [-0.05, 0) is 18.6 Å². The van der Waals surface area contributed by atoms with Crippen LogP contribution in [-0.4, -0.2) is 63.2 Å². The number of hydrogen-bond donors (Lipinski definition) is 2. The Morgan fingerprint density at radius 3 is 2.64 bits per heavy atom. The van der Waals surface area contributed by atoms with Crippen LogP contribution in [0.5, 0.6) is 0 Å². The lowest BCUT2D eigenvalue weighted by Crippen LogP contribution is -2.37. The molecular weight excluding hydrogens is 360 g/mol. The SMILES string of the molecule is NC(=O)c1ccc(-c2cnc3[nH]c(=O)n(CCCN4CCOCC4)c3n2)cc1. The van der Waals surface area contributed by atoms with Gasteiger partial charge in [0.25, 0.3) is 0 Å². The molecule has 1 saturated heterocycles. The lowest BCUT2D eigenvalue weighted by Gasteiger charge is -2.26. The largest absolute Gasteiger partial charge is 0.379 e. The smallest absolute Gasteiger partial charge is 0.328 e. The molecule has 0 aliphatic carbocycles. The summed E-state index contributed by atoms with van der Waals surface area (Å²) in [7, 11) is 0. The first-order valence-corrected chi connectivity index (χ1v) is 9.28. The molecule has 0 bridgehead atoms. The maximum absolute atomic E-state index is 12.3. The topological polar surface area (TPSA) is 119 Å². The fourth-order valence-corrected chi connectivity index (χ4v) is 3.35. The molecule has 0 saturated carbocycles. The van der Waals surface area contributed by atoms with Crippen LogP contribution >= 0.6 is 0 Å². The number of ether oxygens (including phenoxy) is 1. The van der Waals surface area contributed by atoms with Gasteiger partial charge in [0, 0.05) is 37.3 Å². The van der Waals surface area contributed by atoms with Gasteiger partial charge in [0.1, 0.15) is 0 Å². The van der Waals surface area contributed by atoms with Gasteiger partial charge in [-0.25, -0.2) is 14.8 Å². The molecule has 0 radical (unpaired) electrons. The van der Waals surface area contributed by atoms with Crippen LogP contribution in [0.15, 0.2) is 35.3 Å². The van der Waals surface area contributed by atoms with Crippen LogP contribution in [0.1, 0.15) is 16.8 Å². The van der Waals surface area contributed by atoms with Gasteiger partial charge in [0.05, 0.1) is 25.1 Å². The second-order valence-corrected chi connectivity index (χ2v) is 6.76. The third-order valence-corrected chi connectivity index (χ3v) is 4.91. The number of carbonyl (C=O) groups excluding carboxylic acids is 1. The Morgan fingerprint density at radius 1 is 1.18 bits per heavy atom. The standard InChI is InChI=1S/C19H22N6O3/c20-16(26)14-4-2-13(3-5-14)15-12-21-17-18(22-15)25(19(27)23-17)7-1-6-24-8-10-28-11-9-24/h2-5,12H,1,6-11H2,(H2,20,26)(H,21,23,27). The van der Waals surface area contributed by atoms with Crippen molar-refractivity contribution in [3.63, 3.8) is 0 Å². The van der Waals surface area contributed by atoms with Gasteiger partial charge >= 0.3 is 5.69 Å². The lowest BCUT2D eigenvalue weighted by atomic mass is 10.1. The third-order valence-electron chi connectivity index (χ3n) is 4.91. The summed E-state index contributed by atoms with van der Waals surface area (Å²) < 4.78 is 6.99. The van der Waals surface area contributed by atoms with Crippen molar-refractivity contribution in [1.82, 2.24) is 24.4 Å². The van der Waals surface area contributed by atoms with Crippen LogP contribution in [0, 0.1) is 0 Å². The van der Waals surface area contributed by atoms with E-state index in [1.807, 2.05) is 0 Å². The fourth-order valence-electron chi connectivity index (χ4n) is 3.35. The summed E-state index contributed by atoms with van der Waals surface area (Å²) in [6, 6.07) is 6.83. The van der Waals surface area contributed by atoms with Crippen molar-refractivity contribution < 1.29 is 9.53 Å². The number of nitrogens with one attached hydrogen (secondary N) is 1. The van der Waals surface area contributed by atoms with Gasteiger partial charge in [-0.15, -0.1) is 0 Å². The van der Waals surface area contributed by atoms with Gasteiger partial charge < -0.3 is 10.5 Å². The number of nitrogens with two attached hydrogens (primary N) is 1. The van der Waals surface area contributed by atoms with E-state index in [2.05, 4.69) is 19.9 Å². The molecule has 1 aliphatic heterocycles. The third kappa shape index (κ3) is 3.80. The van der Waals surface area contributed by atoms with E-state index in [4.69, 9.17) is 10.5 Å². The molecule has 9 heteroatoms. The number of primary amides is 1. The van der Waals surface area contributed by atoms with Gasteiger partial charge in [-0.1, -0.05) is 12.1 Å². The summed E-state index contributed by atoms with van der Waals surface area (Å²) in [6.07, 6.45) is 2.45. The van der Waals surface area contributed by atoms with Crippen molar-refractivity contribution in [2.45, 2.75) is 13.0 Å². The summed E-state index contributed by atoms with van der Waals surface area (Å²) in [5, 5.41) is 0. The molecule has 3 aromatic rings. The molecule has 4 rings (SSSR count). The highest BCUT2D eigenvalue weighted by atomic mass is 16.5. The van der Waals surface area contributed by atoms with Crippen LogP contribution in [0.25, 0.3) is 22.6 Å². The van der Waals surface area contributed by atoms with Gasteiger partial charge in [-0.2, -0.15) is 0 Å². The van der Waals surface area contributed by atoms with E-state index in [0.29, 0.717) is 29.1 Å². The van der Waals surface area contributed by atoms with E-state index in [1.54, 1.807) is 35.0 Å². The van der Waals surface area contributed by atoms with Crippen molar-refractivity contribution in [3.8, 4) is 11.3 Å². The summed E-state index contributed by atoms with van der Waals surface area (Å²) in [6.45, 7) is 4.84. The molecule has 0 atom stereocenters. The molecule has 28 heavy (non-hydrogen) atoms. The van der Waals surface area contributed by atoms with Crippen LogP contribution in [0.4, 0.5) is 0 Å². The molecule has 146 valence electrons. The van der Waals surface area contributed by atoms with Crippen LogP contribution < -0.4 is 11.4 Å². The molecule has 2 aromatic heterocycles. The second kappa shape index (κ2) is 7.91. The Morgan fingerprint density at radius 2 is 1.93 bits per heavy atom. The highest BCUT2D eigenvalue weighted by molar-refractivity contribution is 5.93. The number of aromatic nitrogens is 4. The number of hydrogen-bond acceptors (Lipinski definition) is 6. The van der Waals surface area contributed by atoms with E-state index < -0.39 is 5.91 Å². The minimum Gasteiger partial charge on any atom is -0.379 e. The summed E-state index contributed by atoms with van der Waals surface area (Å²) >= 11 is 0. The summed E-state index contributed by atoms with van der Waals surface area (Å²) in [5.74, 6) is -0.479. The molecule has 1 aromatic carbocycles. The number of rotatable bonds is 6. The fraction of sp³-hybridized carbons (Fsp3) is 0.368. The van der Waals surface area contributed by atoms with Crippen molar-refractivity contribution in [3.05, 3.63) is 46.5 Å². The first-order chi connectivity index (χ1) is 13.6. The predicted molar refractivity (Wildman–Crippen MR) is 104 cm³/mol. The van der Waals surface area contributed by atoms with Crippen LogP contribution in [-0.2, 0) is 11.3 Å². The number of carbonyl (C=O) groups is 1. The number of fused-ring (bicyclic) bond motifs is 1. The van der Waals surface area contributed by atoms with Crippen molar-refractivity contribution >= 4 is 17.2 Å². The zero-order valence-corrected chi connectivity index (χ0v) is 15.4. The maximum Gasteiger partial charge on any atom is 0.328 e. The molecule has 1 fully saturated rings. The number of imidazole rings is 1. The predicted octanol–water partition coefficient (Wildman–Crippen LogP) is 0.608. The number of nitrogens with zero attached hydrogens (tertiary/aromatic N) is 4. The number of morpholine rings is 1. The molecule has 3 heterocycles. The van der Waals surface area contributed by atoms with Crippen molar-refractivity contribution in [2.24, 2.45) is 5.73 Å². The van der Waals surface area contributed by atoms with Gasteiger partial charge in [0.15, 0.2) is 11.3 Å². The molecule has 1 aliphatic rings. The Hall–Kier alpha value is -3.04. The average Bonchev–Trinajstić information content (AvgIpc) is 3.03. The minimum atomic E-state index is -0.479. The number of H-pyrrole nitrogens is 1. The minimum absolute atomic E-state index is 0.210. The number of aryl methyl sites for hydroxylation is 1. The van der Waals surface area contributed by atoms with E-state index in [-0.39, 0.29) is 5.69 Å². The Balaban J connectivity index is 1.55. The Labute approximate surface area is 161 Å². The number of aromatic amines is 1. The van der Waals surface area contributed by atoms with E-state index in [1.165, 1.54) is 0 Å². The zero-order chi connectivity index (χ0) is 19.5. The molecule has 1 amide bonds. The first-order valence-electron chi connectivity index (χ1n) is 9.28. The van der Waals surface area contributed by atoms with Crippen LogP contribution in [0.2, 0.25) is 0 Å². The molecule has 0 unspecified atom stereocenters. The Kier molecular flexibility index (Phi) is 5.18. The highest BCUT2D eigenvalue weighted by Crippen LogP contribution is 2.19. The van der Waals surface area contributed by atoms with Crippen LogP contribution in [0.3, 0.4) is 0 Å². The maximum atomic E-state index is 12.3. The van der Waals surface area contributed by atoms with Gasteiger partial charge in [0.2, 0.25) is 5.91 Å². The zero-order valence-electron chi connectivity index (χ0n) is 15.4. The van der Waals surface area contributed by atoms with Gasteiger partial charge in [-0.3, -0.25) is 19.2 Å². The molecule has 0 spiro atoms. The monoisotopic (exact) mass is 382 g/mol. The second-order valence-electron chi connectivity index (χ2n) is 6.76. The summed E-state index contributed by atoms with van der Waals surface area (Å²) in [4.78, 5) is 37.6. The normalized spacial score (nSPS) is 15.1. The molecule has 9 nitrogen and oxygen atoms in total. The van der Waals surface area contributed by atoms with E-state index >= 15 is 0 Å². The summed E-state index contributed by atoms with van der Waals surface area (Å²) in [5.41, 5.74) is 7.93. The van der Waals surface area contributed by atoms with E-state index in [9.17, 15) is 9.59 Å². The van der Waals surface area contributed by atoms with E-state index in [0.717, 1.165) is 44.8 Å². The first kappa shape index (κ1) is 18.3. The highest BCUT2D eigenvalue weighted by Gasteiger charge is 2.13. The lowest BCUT2D eigenvalue weighted by molar-refractivity contribution is 0.0369. The molecule has 3 N–H and O–H groups in total. The average molecular weight is 382 g/mol. The van der Waals surface area contributed by atoms with Crippen molar-refractivity contribution in [2.75, 3.05) is 32.8 Å².